The summed E-state index contributed by atoms with van der Waals surface area (Å²) in [6.45, 7) is 0. The fourth-order valence-electron chi connectivity index (χ4n) is 7.68. The normalized spacial score (nSPS) is 11.3. The highest BCUT2D eigenvalue weighted by Crippen LogP contribution is 2.37. The van der Waals surface area contributed by atoms with Crippen LogP contribution in [0.2, 0.25) is 0 Å². The minimum Gasteiger partial charge on any atom is -0.227 e. The van der Waals surface area contributed by atoms with Crippen LogP contribution >= 0.6 is 0 Å². The van der Waals surface area contributed by atoms with E-state index in [1.54, 1.807) is 0 Å². The summed E-state index contributed by atoms with van der Waals surface area (Å²) in [7, 11) is 0. The molecule has 0 aliphatic rings. The van der Waals surface area contributed by atoms with Crippen molar-refractivity contribution in [2.75, 3.05) is 0 Å². The first kappa shape index (κ1) is 31.6. The second-order valence-corrected chi connectivity index (χ2v) is 13.8. The molecule has 0 saturated heterocycles. The molecule has 0 unspecified atom stereocenters. The van der Waals surface area contributed by atoms with Gasteiger partial charge in [0.15, 0.2) is 5.82 Å². The molecule has 10 aromatic rings. The highest BCUT2D eigenvalue weighted by molar-refractivity contribution is 6.12. The average molecular weight is 687 g/mol. The van der Waals surface area contributed by atoms with Crippen LogP contribution in [0.15, 0.2) is 206 Å². The molecule has 0 spiro atoms. The quantitative estimate of drug-likeness (QED) is 0.163. The van der Waals surface area contributed by atoms with Crippen LogP contribution in [0.3, 0.4) is 0 Å². The first-order valence-electron chi connectivity index (χ1n) is 18.4. The lowest BCUT2D eigenvalue weighted by molar-refractivity contribution is 1.24. The standard InChI is InChI=1S/C52H34N2/c1-2-11-35(12-3-1)42-16-8-18-44(33-42)45-19-9-17-43(34-45)38-25-23-36(24-26-38)37-27-29-41(30-28-37)52-53-50-47-21-7-5-14-40(47)31-32-49(50)51(54-52)48-22-10-15-39-13-4-6-20-46(39)48/h1-34H. The lowest BCUT2D eigenvalue weighted by Crippen LogP contribution is -1.96. The third kappa shape index (κ3) is 5.81. The van der Waals surface area contributed by atoms with Crippen LogP contribution in [-0.2, 0) is 0 Å². The topological polar surface area (TPSA) is 25.8 Å². The number of nitrogens with zero attached hydrogens (tertiary/aromatic N) is 2. The van der Waals surface area contributed by atoms with E-state index in [0.717, 1.165) is 44.5 Å². The monoisotopic (exact) mass is 686 g/mol. The predicted molar refractivity (Wildman–Crippen MR) is 227 cm³/mol. The number of hydrogen-bond acceptors (Lipinski definition) is 2. The second-order valence-electron chi connectivity index (χ2n) is 13.8. The van der Waals surface area contributed by atoms with Crippen molar-refractivity contribution in [3.05, 3.63) is 206 Å². The van der Waals surface area contributed by atoms with Crippen molar-refractivity contribution < 1.29 is 0 Å². The van der Waals surface area contributed by atoms with Crippen LogP contribution in [0, 0.1) is 0 Å². The van der Waals surface area contributed by atoms with Crippen molar-refractivity contribution >= 4 is 32.4 Å². The number of aromatic nitrogens is 2. The summed E-state index contributed by atoms with van der Waals surface area (Å²) in [5.74, 6) is 0.720. The van der Waals surface area contributed by atoms with Crippen molar-refractivity contribution in [1.29, 1.82) is 0 Å². The summed E-state index contributed by atoms with van der Waals surface area (Å²) in [6, 6.07) is 73.5. The fraction of sp³-hybridized carbons (Fsp3) is 0. The molecule has 2 heteroatoms. The highest BCUT2D eigenvalue weighted by atomic mass is 14.9. The van der Waals surface area contributed by atoms with Crippen molar-refractivity contribution in [3.8, 4) is 67.2 Å². The maximum absolute atomic E-state index is 5.28. The van der Waals surface area contributed by atoms with Gasteiger partial charge in [-0.1, -0.05) is 188 Å². The van der Waals surface area contributed by atoms with Gasteiger partial charge in [-0.25, -0.2) is 9.97 Å². The average Bonchev–Trinajstić information content (AvgIpc) is 3.26. The first-order valence-corrected chi connectivity index (χ1v) is 18.4. The summed E-state index contributed by atoms with van der Waals surface area (Å²) >= 11 is 0. The molecule has 0 radical (unpaired) electrons. The van der Waals surface area contributed by atoms with Gasteiger partial charge in [-0.3, -0.25) is 0 Å². The zero-order valence-corrected chi connectivity index (χ0v) is 29.5. The zero-order chi connectivity index (χ0) is 35.8. The molecule has 0 amide bonds. The Balaban J connectivity index is 0.978. The van der Waals surface area contributed by atoms with E-state index in [4.69, 9.17) is 9.97 Å². The van der Waals surface area contributed by atoms with Gasteiger partial charge >= 0.3 is 0 Å². The van der Waals surface area contributed by atoms with Crippen molar-refractivity contribution in [2.24, 2.45) is 0 Å². The molecule has 0 fully saturated rings. The highest BCUT2D eigenvalue weighted by Gasteiger charge is 2.16. The van der Waals surface area contributed by atoms with E-state index in [0.29, 0.717) is 0 Å². The minimum absolute atomic E-state index is 0.720. The minimum atomic E-state index is 0.720. The predicted octanol–water partition coefficient (Wildman–Crippen LogP) is 13.9. The van der Waals surface area contributed by atoms with E-state index in [1.165, 1.54) is 55.1 Å². The molecule has 54 heavy (non-hydrogen) atoms. The molecule has 0 atom stereocenters. The molecular weight excluding hydrogens is 653 g/mol. The Hall–Kier alpha value is -7.16. The van der Waals surface area contributed by atoms with Crippen LogP contribution in [0.1, 0.15) is 0 Å². The number of rotatable bonds is 6. The molecular formula is C52H34N2. The van der Waals surface area contributed by atoms with Crippen LogP contribution < -0.4 is 0 Å². The second kappa shape index (κ2) is 13.4. The molecule has 0 aliphatic carbocycles. The molecule has 252 valence electrons. The summed E-state index contributed by atoms with van der Waals surface area (Å²) in [5, 5.41) is 5.73. The largest absolute Gasteiger partial charge is 0.227 e. The van der Waals surface area contributed by atoms with E-state index >= 15 is 0 Å². The third-order valence-electron chi connectivity index (χ3n) is 10.5. The molecule has 10 rings (SSSR count). The van der Waals surface area contributed by atoms with E-state index in [2.05, 4.69) is 206 Å². The van der Waals surface area contributed by atoms with Gasteiger partial charge in [0.2, 0.25) is 0 Å². The Labute approximate surface area is 314 Å². The van der Waals surface area contributed by atoms with Gasteiger partial charge in [-0.15, -0.1) is 0 Å². The summed E-state index contributed by atoms with van der Waals surface area (Å²) in [5.41, 5.74) is 13.6. The van der Waals surface area contributed by atoms with Crippen LogP contribution in [0.4, 0.5) is 0 Å². The molecule has 2 nitrogen and oxygen atoms in total. The van der Waals surface area contributed by atoms with Crippen molar-refractivity contribution in [2.45, 2.75) is 0 Å². The Bertz CT molecular complexity index is 2960. The first-order chi connectivity index (χ1) is 26.7. The summed E-state index contributed by atoms with van der Waals surface area (Å²) < 4.78 is 0. The third-order valence-corrected chi connectivity index (χ3v) is 10.5. The maximum Gasteiger partial charge on any atom is 0.160 e. The molecule has 0 saturated carbocycles. The van der Waals surface area contributed by atoms with E-state index in [-0.39, 0.29) is 0 Å². The molecule has 0 bridgehead atoms. The summed E-state index contributed by atoms with van der Waals surface area (Å²) in [6.07, 6.45) is 0. The smallest absolute Gasteiger partial charge is 0.160 e. The van der Waals surface area contributed by atoms with Crippen LogP contribution in [0.5, 0.6) is 0 Å². The molecule has 9 aromatic carbocycles. The molecule has 0 aliphatic heterocycles. The maximum atomic E-state index is 5.28. The van der Waals surface area contributed by atoms with E-state index < -0.39 is 0 Å². The lowest BCUT2D eigenvalue weighted by atomic mass is 9.95. The fourth-order valence-corrected chi connectivity index (χ4v) is 7.68. The van der Waals surface area contributed by atoms with Gasteiger partial charge in [0.1, 0.15) is 0 Å². The Morgan fingerprint density at radius 3 is 1.35 bits per heavy atom. The van der Waals surface area contributed by atoms with Crippen LogP contribution in [0.25, 0.3) is 99.6 Å². The van der Waals surface area contributed by atoms with E-state index in [9.17, 15) is 0 Å². The number of benzene rings is 9. The van der Waals surface area contributed by atoms with Gasteiger partial charge in [-0.2, -0.15) is 0 Å². The van der Waals surface area contributed by atoms with Gasteiger partial charge in [0, 0.05) is 21.9 Å². The van der Waals surface area contributed by atoms with Crippen molar-refractivity contribution in [1.82, 2.24) is 9.97 Å². The SMILES string of the molecule is c1ccc(-c2cccc(-c3cccc(-c4ccc(-c5ccc(-c6nc(-c7cccc8ccccc78)c7ccc8ccccc8c7n6)cc5)cc4)c3)c2)cc1. The molecule has 1 heterocycles. The van der Waals surface area contributed by atoms with Crippen molar-refractivity contribution in [3.63, 3.8) is 0 Å². The van der Waals surface area contributed by atoms with E-state index in [1.807, 2.05) is 0 Å². The van der Waals surface area contributed by atoms with Gasteiger partial charge < -0.3 is 0 Å². The Kier molecular flexibility index (Phi) is 7.85. The number of hydrogen-bond donors (Lipinski definition) is 0. The number of fused-ring (bicyclic) bond motifs is 4. The van der Waals surface area contributed by atoms with Gasteiger partial charge in [0.05, 0.1) is 11.2 Å². The van der Waals surface area contributed by atoms with Gasteiger partial charge in [-0.05, 0) is 78.9 Å². The Morgan fingerprint density at radius 1 is 0.259 bits per heavy atom. The zero-order valence-electron chi connectivity index (χ0n) is 29.5. The van der Waals surface area contributed by atoms with Gasteiger partial charge in [0.25, 0.3) is 0 Å². The van der Waals surface area contributed by atoms with Crippen LogP contribution in [-0.4, -0.2) is 9.97 Å². The Morgan fingerprint density at radius 2 is 0.704 bits per heavy atom. The molecule has 0 N–H and O–H groups in total. The molecule has 1 aromatic heterocycles. The lowest BCUT2D eigenvalue weighted by Gasteiger charge is -2.13. The summed E-state index contributed by atoms with van der Waals surface area (Å²) in [4.78, 5) is 10.5.